The molecule has 0 aromatic heterocycles. The lowest BCUT2D eigenvalue weighted by molar-refractivity contribution is 0.0948. The number of benzene rings is 2. The Morgan fingerprint density at radius 2 is 1.83 bits per heavy atom. The summed E-state index contributed by atoms with van der Waals surface area (Å²) in [6.07, 6.45) is 1.12. The number of para-hydroxylation sites is 1. The summed E-state index contributed by atoms with van der Waals surface area (Å²) in [6, 6.07) is 18.2. The van der Waals surface area contributed by atoms with E-state index in [2.05, 4.69) is 34.5 Å². The molecule has 4 nitrogen and oxygen atoms in total. The number of hydrogen-bond acceptors (Lipinski definition) is 3. The second kappa shape index (κ2) is 7.39. The number of hydrogen-bond donors (Lipinski definition) is 1. The van der Waals surface area contributed by atoms with Gasteiger partial charge in [0, 0.05) is 50.7 Å². The first-order chi connectivity index (χ1) is 11.6. The molecule has 3 rings (SSSR count). The third kappa shape index (κ3) is 3.88. The smallest absolute Gasteiger partial charge is 0.251 e. The number of anilines is 2. The van der Waals surface area contributed by atoms with Gasteiger partial charge in [0.05, 0.1) is 0 Å². The first kappa shape index (κ1) is 16.4. The summed E-state index contributed by atoms with van der Waals surface area (Å²) >= 11 is 0. The van der Waals surface area contributed by atoms with Crippen molar-refractivity contribution < 1.29 is 4.79 Å². The van der Waals surface area contributed by atoms with Crippen molar-refractivity contribution in [1.29, 1.82) is 0 Å². The second-order valence-electron chi connectivity index (χ2n) is 6.59. The maximum Gasteiger partial charge on any atom is 0.251 e. The minimum Gasteiger partial charge on any atom is -0.378 e. The van der Waals surface area contributed by atoms with Crippen molar-refractivity contribution in [2.45, 2.75) is 6.42 Å². The SMILES string of the molecule is CN(C)c1ccc(C(=O)NCC2CCN(c3ccccc3)C2)cc1. The molecule has 0 aliphatic carbocycles. The number of carbonyl (C=O) groups excluding carboxylic acids is 1. The van der Waals surface area contributed by atoms with Gasteiger partial charge in [-0.3, -0.25) is 4.79 Å². The van der Waals surface area contributed by atoms with Crippen LogP contribution in [0, 0.1) is 5.92 Å². The number of amides is 1. The molecule has 126 valence electrons. The standard InChI is InChI=1S/C20H25N3O/c1-22(2)18-10-8-17(9-11-18)20(24)21-14-16-12-13-23(15-16)19-6-4-3-5-7-19/h3-11,16H,12-15H2,1-2H3,(H,21,24). The Balaban J connectivity index is 1.50. The first-order valence-corrected chi connectivity index (χ1v) is 8.49. The highest BCUT2D eigenvalue weighted by Gasteiger charge is 2.23. The third-order valence-electron chi connectivity index (χ3n) is 4.60. The van der Waals surface area contributed by atoms with Crippen molar-refractivity contribution in [2.75, 3.05) is 43.5 Å². The molecule has 4 heteroatoms. The Hall–Kier alpha value is -2.49. The fourth-order valence-corrected chi connectivity index (χ4v) is 3.12. The molecule has 1 amide bonds. The van der Waals surface area contributed by atoms with Crippen molar-refractivity contribution >= 4 is 17.3 Å². The van der Waals surface area contributed by atoms with E-state index in [9.17, 15) is 4.79 Å². The highest BCUT2D eigenvalue weighted by molar-refractivity contribution is 5.94. The molecule has 0 saturated carbocycles. The first-order valence-electron chi connectivity index (χ1n) is 8.49. The fourth-order valence-electron chi connectivity index (χ4n) is 3.12. The summed E-state index contributed by atoms with van der Waals surface area (Å²) in [6.45, 7) is 2.80. The van der Waals surface area contributed by atoms with Crippen LogP contribution in [0.5, 0.6) is 0 Å². The number of carbonyl (C=O) groups is 1. The maximum atomic E-state index is 12.3. The van der Waals surface area contributed by atoms with Gasteiger partial charge in [0.1, 0.15) is 0 Å². The quantitative estimate of drug-likeness (QED) is 0.919. The van der Waals surface area contributed by atoms with Crippen LogP contribution in [0.25, 0.3) is 0 Å². The Morgan fingerprint density at radius 3 is 2.50 bits per heavy atom. The second-order valence-corrected chi connectivity index (χ2v) is 6.59. The Morgan fingerprint density at radius 1 is 1.12 bits per heavy atom. The molecule has 1 heterocycles. The molecule has 0 radical (unpaired) electrons. The molecule has 1 fully saturated rings. The van der Waals surface area contributed by atoms with Gasteiger partial charge >= 0.3 is 0 Å². The van der Waals surface area contributed by atoms with Crippen LogP contribution in [0.4, 0.5) is 11.4 Å². The van der Waals surface area contributed by atoms with Gasteiger partial charge in [-0.15, -0.1) is 0 Å². The largest absolute Gasteiger partial charge is 0.378 e. The normalized spacial score (nSPS) is 16.9. The van der Waals surface area contributed by atoms with Crippen LogP contribution < -0.4 is 15.1 Å². The molecule has 2 aromatic carbocycles. The molecule has 24 heavy (non-hydrogen) atoms. The lowest BCUT2D eigenvalue weighted by Gasteiger charge is -2.18. The monoisotopic (exact) mass is 323 g/mol. The van der Waals surface area contributed by atoms with E-state index < -0.39 is 0 Å². The summed E-state index contributed by atoms with van der Waals surface area (Å²) < 4.78 is 0. The van der Waals surface area contributed by atoms with Crippen LogP contribution >= 0.6 is 0 Å². The van der Waals surface area contributed by atoms with E-state index >= 15 is 0 Å². The van der Waals surface area contributed by atoms with Gasteiger partial charge in [0.25, 0.3) is 5.91 Å². The average Bonchev–Trinajstić information content (AvgIpc) is 3.09. The molecule has 1 unspecified atom stereocenters. The van der Waals surface area contributed by atoms with Crippen LogP contribution in [0.15, 0.2) is 54.6 Å². The molecule has 1 N–H and O–H groups in total. The van der Waals surface area contributed by atoms with Gasteiger partial charge in [-0.2, -0.15) is 0 Å². The molecule has 2 aromatic rings. The Bertz CT molecular complexity index is 667. The van der Waals surface area contributed by atoms with Crippen LogP contribution in [-0.2, 0) is 0 Å². The zero-order valence-corrected chi connectivity index (χ0v) is 14.4. The minimum atomic E-state index is 0.0125. The lowest BCUT2D eigenvalue weighted by Crippen LogP contribution is -2.31. The van der Waals surface area contributed by atoms with E-state index in [0.29, 0.717) is 5.92 Å². The van der Waals surface area contributed by atoms with Gasteiger partial charge < -0.3 is 15.1 Å². The van der Waals surface area contributed by atoms with E-state index in [0.717, 1.165) is 37.3 Å². The number of nitrogens with one attached hydrogen (secondary N) is 1. The number of rotatable bonds is 5. The zero-order chi connectivity index (χ0) is 16.9. The van der Waals surface area contributed by atoms with Gasteiger partial charge in [-0.25, -0.2) is 0 Å². The predicted molar refractivity (Wildman–Crippen MR) is 99.9 cm³/mol. The fraction of sp³-hybridized carbons (Fsp3) is 0.350. The van der Waals surface area contributed by atoms with E-state index in [1.165, 1.54) is 5.69 Å². The summed E-state index contributed by atoms with van der Waals surface area (Å²) in [5.74, 6) is 0.522. The van der Waals surface area contributed by atoms with Gasteiger partial charge in [0.15, 0.2) is 0 Å². The summed E-state index contributed by atoms with van der Waals surface area (Å²) in [5, 5.41) is 3.08. The van der Waals surface area contributed by atoms with Gasteiger partial charge in [-0.1, -0.05) is 18.2 Å². The highest BCUT2D eigenvalue weighted by Crippen LogP contribution is 2.23. The molecular formula is C20H25N3O. The van der Waals surface area contributed by atoms with Crippen molar-refractivity contribution in [1.82, 2.24) is 5.32 Å². The minimum absolute atomic E-state index is 0.0125. The van der Waals surface area contributed by atoms with Crippen LogP contribution in [0.1, 0.15) is 16.8 Å². The van der Waals surface area contributed by atoms with Crippen LogP contribution in [0.2, 0.25) is 0 Å². The van der Waals surface area contributed by atoms with Crippen LogP contribution in [0.3, 0.4) is 0 Å². The summed E-state index contributed by atoms with van der Waals surface area (Å²) in [7, 11) is 3.99. The molecular weight excluding hydrogens is 298 g/mol. The zero-order valence-electron chi connectivity index (χ0n) is 14.4. The lowest BCUT2D eigenvalue weighted by atomic mass is 10.1. The maximum absolute atomic E-state index is 12.3. The topological polar surface area (TPSA) is 35.6 Å². The molecule has 1 saturated heterocycles. The van der Waals surface area contributed by atoms with Crippen molar-refractivity contribution in [2.24, 2.45) is 5.92 Å². The Kier molecular flexibility index (Phi) is 5.04. The average molecular weight is 323 g/mol. The van der Waals surface area contributed by atoms with E-state index in [-0.39, 0.29) is 5.91 Å². The summed E-state index contributed by atoms with van der Waals surface area (Å²) in [5.41, 5.74) is 3.09. The van der Waals surface area contributed by atoms with Gasteiger partial charge in [0.2, 0.25) is 0 Å². The van der Waals surface area contributed by atoms with E-state index in [1.54, 1.807) is 0 Å². The predicted octanol–water partition coefficient (Wildman–Crippen LogP) is 3.01. The van der Waals surface area contributed by atoms with E-state index in [4.69, 9.17) is 0 Å². The Labute approximate surface area is 144 Å². The van der Waals surface area contributed by atoms with Gasteiger partial charge in [-0.05, 0) is 48.7 Å². The number of nitrogens with zero attached hydrogens (tertiary/aromatic N) is 2. The van der Waals surface area contributed by atoms with Crippen molar-refractivity contribution in [3.05, 3.63) is 60.2 Å². The molecule has 0 spiro atoms. The van der Waals surface area contributed by atoms with Crippen molar-refractivity contribution in [3.8, 4) is 0 Å². The van der Waals surface area contributed by atoms with Crippen LogP contribution in [-0.4, -0.2) is 39.6 Å². The van der Waals surface area contributed by atoms with E-state index in [1.807, 2.05) is 49.3 Å². The summed E-state index contributed by atoms with van der Waals surface area (Å²) in [4.78, 5) is 16.7. The molecule has 1 atom stereocenters. The highest BCUT2D eigenvalue weighted by atomic mass is 16.1. The molecule has 1 aliphatic rings. The molecule has 0 bridgehead atoms. The van der Waals surface area contributed by atoms with Crippen molar-refractivity contribution in [3.63, 3.8) is 0 Å². The molecule has 1 aliphatic heterocycles. The third-order valence-corrected chi connectivity index (χ3v) is 4.60.